The molecule has 146 valence electrons. The molecule has 1 heterocycles. The van der Waals surface area contributed by atoms with Crippen LogP contribution in [-0.2, 0) is 12.6 Å². The van der Waals surface area contributed by atoms with Crippen LogP contribution in [-0.4, -0.2) is 16.1 Å². The summed E-state index contributed by atoms with van der Waals surface area (Å²) in [5, 5.41) is 8.03. The molecule has 0 amide bonds. The number of carboxylic acid groups (broad SMARTS) is 1. The van der Waals surface area contributed by atoms with E-state index >= 15 is 0 Å². The summed E-state index contributed by atoms with van der Waals surface area (Å²) in [6.45, 7) is 0. The predicted molar refractivity (Wildman–Crippen MR) is 85.7 cm³/mol. The zero-order valence-corrected chi connectivity index (χ0v) is 13.6. The molecule has 0 atom stereocenters. The number of fused-ring (bicyclic) bond motifs is 1. The summed E-state index contributed by atoms with van der Waals surface area (Å²) < 4.78 is 81.3. The number of carboxylic acids is 1. The van der Waals surface area contributed by atoms with Gasteiger partial charge < -0.3 is 10.1 Å². The summed E-state index contributed by atoms with van der Waals surface area (Å²) >= 11 is 0. The number of hydrogen-bond donors (Lipinski definition) is 2. The van der Waals surface area contributed by atoms with Gasteiger partial charge in [-0.1, -0.05) is 0 Å². The molecule has 3 rings (SSSR count). The molecule has 1 aromatic heterocycles. The fourth-order valence-electron chi connectivity index (χ4n) is 2.76. The second kappa shape index (κ2) is 6.70. The zero-order chi connectivity index (χ0) is 20.8. The van der Waals surface area contributed by atoms with Crippen LogP contribution >= 0.6 is 0 Å². The van der Waals surface area contributed by atoms with Crippen molar-refractivity contribution in [2.75, 3.05) is 0 Å². The molecule has 2 N–H and O–H groups in total. The maximum absolute atomic E-state index is 14.7. The van der Waals surface area contributed by atoms with Gasteiger partial charge in [-0.3, -0.25) is 4.79 Å². The number of halogens is 6. The van der Waals surface area contributed by atoms with E-state index in [1.807, 2.05) is 0 Å². The van der Waals surface area contributed by atoms with E-state index in [0.29, 0.717) is 30.5 Å². The SMILES string of the molecule is O=C(O)c1c[nH]c2c(F)c(Cc3cc(C(F)(F)F)ccc3F)cc(F)c2c1=O. The van der Waals surface area contributed by atoms with Gasteiger partial charge in [0.1, 0.15) is 17.2 Å². The molecule has 0 aliphatic carbocycles. The van der Waals surface area contributed by atoms with Crippen molar-refractivity contribution in [3.63, 3.8) is 0 Å². The van der Waals surface area contributed by atoms with Crippen molar-refractivity contribution in [3.8, 4) is 0 Å². The molecular weight excluding hydrogens is 392 g/mol. The largest absolute Gasteiger partial charge is 0.477 e. The van der Waals surface area contributed by atoms with Crippen LogP contribution in [0.4, 0.5) is 26.3 Å². The number of rotatable bonds is 3. The standard InChI is InChI=1S/C18H9F6NO3/c19-11-2-1-9(18(22,23)24)4-7(11)3-8-5-12(20)13-15(14(8)21)25-6-10(16(13)26)17(27)28/h1-2,4-6H,3H2,(H,25,26)(H,27,28). The van der Waals surface area contributed by atoms with Crippen LogP contribution in [0.25, 0.3) is 10.9 Å². The first kappa shape index (κ1) is 19.5. The second-order valence-electron chi connectivity index (χ2n) is 5.90. The highest BCUT2D eigenvalue weighted by molar-refractivity contribution is 5.92. The summed E-state index contributed by atoms with van der Waals surface area (Å²) in [6, 6.07) is 2.08. The Bertz CT molecular complexity index is 1170. The highest BCUT2D eigenvalue weighted by Crippen LogP contribution is 2.31. The van der Waals surface area contributed by atoms with Gasteiger partial charge in [0, 0.05) is 12.6 Å². The second-order valence-corrected chi connectivity index (χ2v) is 5.90. The van der Waals surface area contributed by atoms with Crippen molar-refractivity contribution in [2.45, 2.75) is 12.6 Å². The first-order chi connectivity index (χ1) is 13.0. The Labute approximate surface area is 152 Å². The van der Waals surface area contributed by atoms with E-state index in [-0.39, 0.29) is 0 Å². The number of pyridine rings is 1. The van der Waals surface area contributed by atoms with E-state index in [2.05, 4.69) is 4.98 Å². The van der Waals surface area contributed by atoms with Crippen LogP contribution in [0.15, 0.2) is 35.3 Å². The summed E-state index contributed by atoms with van der Waals surface area (Å²) in [5.74, 6) is -5.20. The van der Waals surface area contributed by atoms with E-state index in [1.54, 1.807) is 0 Å². The quantitative estimate of drug-likeness (QED) is 0.645. The van der Waals surface area contributed by atoms with Crippen molar-refractivity contribution < 1.29 is 36.2 Å². The van der Waals surface area contributed by atoms with Crippen LogP contribution in [0.3, 0.4) is 0 Å². The third-order valence-corrected chi connectivity index (χ3v) is 4.11. The van der Waals surface area contributed by atoms with E-state index in [9.17, 15) is 35.9 Å². The van der Waals surface area contributed by atoms with E-state index in [4.69, 9.17) is 5.11 Å². The lowest BCUT2D eigenvalue weighted by Crippen LogP contribution is -2.17. The molecule has 0 saturated carbocycles. The van der Waals surface area contributed by atoms with Crippen LogP contribution in [0.2, 0.25) is 0 Å². The highest BCUT2D eigenvalue weighted by Gasteiger charge is 2.31. The molecule has 0 spiro atoms. The number of carbonyl (C=O) groups is 1. The third-order valence-electron chi connectivity index (χ3n) is 4.11. The zero-order valence-electron chi connectivity index (χ0n) is 13.6. The predicted octanol–water partition coefficient (Wildman–Crippen LogP) is 4.25. The molecule has 0 fully saturated rings. The Morgan fingerprint density at radius 2 is 1.71 bits per heavy atom. The van der Waals surface area contributed by atoms with Gasteiger partial charge in [0.15, 0.2) is 5.82 Å². The van der Waals surface area contributed by atoms with Gasteiger partial charge in [-0.2, -0.15) is 13.2 Å². The molecule has 4 nitrogen and oxygen atoms in total. The lowest BCUT2D eigenvalue weighted by molar-refractivity contribution is -0.137. The molecule has 2 aromatic carbocycles. The molecule has 0 bridgehead atoms. The molecule has 10 heteroatoms. The first-order valence-electron chi connectivity index (χ1n) is 7.62. The number of aromatic carboxylic acids is 1. The fraction of sp³-hybridized carbons (Fsp3) is 0.111. The molecule has 0 radical (unpaired) electrons. The number of aromatic amines is 1. The molecule has 0 aliphatic heterocycles. The van der Waals surface area contributed by atoms with Crippen LogP contribution in [0, 0.1) is 17.5 Å². The third kappa shape index (κ3) is 3.32. The summed E-state index contributed by atoms with van der Waals surface area (Å²) in [4.78, 5) is 25.1. The Morgan fingerprint density at radius 3 is 2.32 bits per heavy atom. The molecule has 0 saturated heterocycles. The fourth-order valence-corrected chi connectivity index (χ4v) is 2.76. The van der Waals surface area contributed by atoms with Gasteiger partial charge in [-0.25, -0.2) is 18.0 Å². The maximum atomic E-state index is 14.7. The number of benzene rings is 2. The van der Waals surface area contributed by atoms with Crippen LogP contribution < -0.4 is 5.43 Å². The number of H-pyrrole nitrogens is 1. The number of hydrogen-bond acceptors (Lipinski definition) is 2. The van der Waals surface area contributed by atoms with Gasteiger partial charge in [-0.05, 0) is 35.4 Å². The molecular formula is C18H9F6NO3. The number of nitrogens with one attached hydrogen (secondary N) is 1. The average Bonchev–Trinajstić information content (AvgIpc) is 2.59. The maximum Gasteiger partial charge on any atom is 0.416 e. The van der Waals surface area contributed by atoms with Crippen LogP contribution in [0.1, 0.15) is 27.0 Å². The van der Waals surface area contributed by atoms with Crippen molar-refractivity contribution in [1.29, 1.82) is 0 Å². The summed E-state index contributed by atoms with van der Waals surface area (Å²) in [6.07, 6.45) is -4.81. The number of aromatic nitrogens is 1. The van der Waals surface area contributed by atoms with Crippen molar-refractivity contribution in [1.82, 2.24) is 4.98 Å². The smallest absolute Gasteiger partial charge is 0.416 e. The Morgan fingerprint density at radius 1 is 1.04 bits per heavy atom. The van der Waals surface area contributed by atoms with Gasteiger partial charge in [0.05, 0.1) is 16.5 Å². The lowest BCUT2D eigenvalue weighted by atomic mass is 9.99. The Kier molecular flexibility index (Phi) is 4.66. The van der Waals surface area contributed by atoms with Crippen molar-refractivity contribution >= 4 is 16.9 Å². The van der Waals surface area contributed by atoms with Crippen LogP contribution in [0.5, 0.6) is 0 Å². The lowest BCUT2D eigenvalue weighted by Gasteiger charge is -2.12. The van der Waals surface area contributed by atoms with Crippen molar-refractivity contribution in [3.05, 3.63) is 80.4 Å². The van der Waals surface area contributed by atoms with Gasteiger partial charge in [0.25, 0.3) is 0 Å². The highest BCUT2D eigenvalue weighted by atomic mass is 19.4. The van der Waals surface area contributed by atoms with Gasteiger partial charge in [-0.15, -0.1) is 0 Å². The monoisotopic (exact) mass is 401 g/mol. The molecule has 28 heavy (non-hydrogen) atoms. The number of alkyl halides is 3. The van der Waals surface area contributed by atoms with Gasteiger partial charge >= 0.3 is 12.1 Å². The average molecular weight is 401 g/mol. The van der Waals surface area contributed by atoms with E-state index in [0.717, 1.165) is 0 Å². The summed E-state index contributed by atoms with van der Waals surface area (Å²) in [5.41, 5.74) is -4.96. The van der Waals surface area contributed by atoms with Crippen molar-refractivity contribution in [2.24, 2.45) is 0 Å². The Balaban J connectivity index is 2.16. The molecule has 0 unspecified atom stereocenters. The van der Waals surface area contributed by atoms with Gasteiger partial charge in [0.2, 0.25) is 5.43 Å². The van der Waals surface area contributed by atoms with E-state index in [1.165, 1.54) is 0 Å². The molecule has 0 aliphatic rings. The summed E-state index contributed by atoms with van der Waals surface area (Å²) in [7, 11) is 0. The minimum atomic E-state index is -4.76. The first-order valence-corrected chi connectivity index (χ1v) is 7.62. The topological polar surface area (TPSA) is 70.2 Å². The minimum Gasteiger partial charge on any atom is -0.477 e. The minimum absolute atomic E-state index is 0.479. The molecule has 3 aromatic rings. The van der Waals surface area contributed by atoms with E-state index < -0.39 is 74.6 Å². The normalized spacial score (nSPS) is 11.8. The Hall–Kier alpha value is -3.30.